The molecule has 102 valence electrons. The summed E-state index contributed by atoms with van der Waals surface area (Å²) in [7, 11) is 0. The number of hydrogen-bond acceptors (Lipinski definition) is 5. The molecule has 0 radical (unpaired) electrons. The second-order valence-electron chi connectivity index (χ2n) is 3.63. The van der Waals surface area contributed by atoms with Crippen molar-refractivity contribution in [3.8, 4) is 0 Å². The van der Waals surface area contributed by atoms with E-state index in [0.29, 0.717) is 0 Å². The van der Waals surface area contributed by atoms with Crippen LogP contribution in [0.3, 0.4) is 0 Å². The third kappa shape index (κ3) is 9.73. The second kappa shape index (κ2) is 11.3. The van der Waals surface area contributed by atoms with Gasteiger partial charge >= 0.3 is 0 Å². The lowest BCUT2D eigenvalue weighted by molar-refractivity contribution is -0.125. The van der Waals surface area contributed by atoms with E-state index in [0.717, 1.165) is 0 Å². The van der Waals surface area contributed by atoms with Crippen molar-refractivity contribution in [2.24, 2.45) is 11.7 Å². The Morgan fingerprint density at radius 1 is 0.941 bits per heavy atom. The molecule has 0 aliphatic rings. The summed E-state index contributed by atoms with van der Waals surface area (Å²) < 4.78 is 0. The fraction of sp³-hybridized carbons (Fsp3) is 0.800. The molecule has 0 heterocycles. The van der Waals surface area contributed by atoms with E-state index in [1.165, 1.54) is 12.8 Å². The molecule has 0 aliphatic heterocycles. The van der Waals surface area contributed by atoms with Gasteiger partial charge in [0.15, 0.2) is 0 Å². The van der Waals surface area contributed by atoms with Crippen LogP contribution in [0.4, 0.5) is 0 Å². The Kier molecular flexibility index (Phi) is 12.1. The Bertz CT molecular complexity index is 201. The van der Waals surface area contributed by atoms with Crippen LogP contribution < -0.4 is 27.9 Å². The second-order valence-corrected chi connectivity index (χ2v) is 3.63. The zero-order chi connectivity index (χ0) is 13.8. The normalized spacial score (nSPS) is 12.8. The number of nitrogens with two attached hydrogens (primary N) is 2. The quantitative estimate of drug-likeness (QED) is 0.246. The van der Waals surface area contributed by atoms with E-state index in [2.05, 4.69) is 19.2 Å². The molecule has 0 fully saturated rings. The zero-order valence-electron chi connectivity index (χ0n) is 11.0. The van der Waals surface area contributed by atoms with Crippen molar-refractivity contribution in [1.82, 2.24) is 16.2 Å². The van der Waals surface area contributed by atoms with Gasteiger partial charge in [0, 0.05) is 0 Å². The highest BCUT2D eigenvalue weighted by Gasteiger charge is 2.17. The van der Waals surface area contributed by atoms with Gasteiger partial charge in [0.1, 0.15) is 0 Å². The first-order chi connectivity index (χ1) is 7.94. The molecule has 0 bridgehead atoms. The van der Waals surface area contributed by atoms with Crippen LogP contribution in [0.5, 0.6) is 0 Å². The third-order valence-electron chi connectivity index (χ3n) is 2.07. The number of rotatable bonds is 5. The third-order valence-corrected chi connectivity index (χ3v) is 2.07. The summed E-state index contributed by atoms with van der Waals surface area (Å²) in [6.45, 7) is 7.53. The lowest BCUT2D eigenvalue weighted by atomic mass is 10.2. The minimum atomic E-state index is -0.544. The molecule has 0 saturated heterocycles. The summed E-state index contributed by atoms with van der Waals surface area (Å²) in [4.78, 5) is 21.8. The van der Waals surface area contributed by atoms with E-state index in [1.807, 2.05) is 10.9 Å². The molecule has 0 spiro atoms. The molecule has 0 aliphatic carbocycles. The van der Waals surface area contributed by atoms with Crippen molar-refractivity contribution in [2.45, 2.75) is 52.6 Å². The Balaban J connectivity index is 0. The van der Waals surface area contributed by atoms with Gasteiger partial charge in [-0.05, 0) is 13.8 Å². The monoisotopic (exact) mass is 247 g/mol. The highest BCUT2D eigenvalue weighted by Crippen LogP contribution is 1.86. The molecule has 0 saturated carbocycles. The lowest BCUT2D eigenvalue weighted by Gasteiger charge is -2.16. The van der Waals surface area contributed by atoms with Gasteiger partial charge in [-0.2, -0.15) is 0 Å². The summed E-state index contributed by atoms with van der Waals surface area (Å²) in [6.07, 6.45) is 2.64. The van der Waals surface area contributed by atoms with Gasteiger partial charge < -0.3 is 0 Å². The summed E-state index contributed by atoms with van der Waals surface area (Å²) in [5.74, 6) is 9.00. The number of amides is 2. The maximum absolute atomic E-state index is 10.9. The first-order valence-electron chi connectivity index (χ1n) is 5.71. The van der Waals surface area contributed by atoms with E-state index in [9.17, 15) is 9.59 Å². The fourth-order valence-electron chi connectivity index (χ4n) is 0.776. The Hall–Kier alpha value is -1.18. The summed E-state index contributed by atoms with van der Waals surface area (Å²) >= 11 is 0. The fourth-order valence-corrected chi connectivity index (χ4v) is 0.776. The number of hydrazine groups is 2. The van der Waals surface area contributed by atoms with Crippen molar-refractivity contribution in [3.05, 3.63) is 0 Å². The average Bonchev–Trinajstić information content (AvgIpc) is 2.36. The minimum absolute atomic E-state index is 0.392. The van der Waals surface area contributed by atoms with E-state index in [-0.39, 0.29) is 0 Å². The van der Waals surface area contributed by atoms with E-state index >= 15 is 0 Å². The molecule has 0 aromatic rings. The van der Waals surface area contributed by atoms with Gasteiger partial charge in [-0.1, -0.05) is 26.7 Å². The number of unbranched alkanes of at least 4 members (excludes halogenated alkanes) is 1. The molecular weight excluding hydrogens is 222 g/mol. The smallest absolute Gasteiger partial charge is 0.250 e. The van der Waals surface area contributed by atoms with Gasteiger partial charge in [0.2, 0.25) is 0 Å². The van der Waals surface area contributed by atoms with Crippen LogP contribution in [0.25, 0.3) is 0 Å². The SMILES string of the molecule is CC(NC(C)C(=O)NN)C(=O)NN.CCCC. The van der Waals surface area contributed by atoms with Gasteiger partial charge in [-0.15, -0.1) is 0 Å². The molecule has 0 rings (SSSR count). The molecule has 2 amide bonds. The molecule has 2 atom stereocenters. The van der Waals surface area contributed by atoms with Crippen LogP contribution in [0.2, 0.25) is 0 Å². The number of hydrogen-bond donors (Lipinski definition) is 5. The molecule has 7 N–H and O–H groups in total. The Morgan fingerprint density at radius 2 is 1.24 bits per heavy atom. The molecule has 0 aromatic heterocycles. The number of nitrogens with one attached hydrogen (secondary N) is 3. The van der Waals surface area contributed by atoms with Crippen LogP contribution >= 0.6 is 0 Å². The molecule has 7 heteroatoms. The molecular formula is C10H25N5O2. The van der Waals surface area contributed by atoms with Crippen molar-refractivity contribution in [3.63, 3.8) is 0 Å². The summed E-state index contributed by atoms with van der Waals surface area (Å²) in [5.41, 5.74) is 3.93. The number of carbonyl (C=O) groups excluding carboxylic acids is 2. The zero-order valence-corrected chi connectivity index (χ0v) is 11.0. The average molecular weight is 247 g/mol. The molecule has 17 heavy (non-hydrogen) atoms. The molecule has 2 unspecified atom stereocenters. The van der Waals surface area contributed by atoms with Crippen molar-refractivity contribution >= 4 is 11.8 Å². The summed E-state index contributed by atoms with van der Waals surface area (Å²) in [5, 5.41) is 2.70. The van der Waals surface area contributed by atoms with Crippen LogP contribution in [0.15, 0.2) is 0 Å². The van der Waals surface area contributed by atoms with Crippen molar-refractivity contribution < 1.29 is 9.59 Å². The molecule has 7 nitrogen and oxygen atoms in total. The van der Waals surface area contributed by atoms with E-state index < -0.39 is 23.9 Å². The number of carbonyl (C=O) groups is 2. The van der Waals surface area contributed by atoms with Crippen molar-refractivity contribution in [2.75, 3.05) is 0 Å². The van der Waals surface area contributed by atoms with E-state index in [4.69, 9.17) is 11.7 Å². The van der Waals surface area contributed by atoms with Crippen LogP contribution in [0.1, 0.15) is 40.5 Å². The van der Waals surface area contributed by atoms with Crippen molar-refractivity contribution in [1.29, 1.82) is 0 Å². The Labute approximate surface area is 103 Å². The largest absolute Gasteiger partial charge is 0.295 e. The van der Waals surface area contributed by atoms with Crippen LogP contribution in [0, 0.1) is 0 Å². The first-order valence-corrected chi connectivity index (χ1v) is 5.71. The Morgan fingerprint density at radius 3 is 1.41 bits per heavy atom. The highest BCUT2D eigenvalue weighted by molar-refractivity contribution is 5.84. The predicted octanol–water partition coefficient (Wildman–Crippen LogP) is -0.861. The van der Waals surface area contributed by atoms with Gasteiger partial charge in [-0.25, -0.2) is 11.7 Å². The maximum Gasteiger partial charge on any atom is 0.250 e. The topological polar surface area (TPSA) is 122 Å². The predicted molar refractivity (Wildman–Crippen MR) is 67.3 cm³/mol. The van der Waals surface area contributed by atoms with Crippen LogP contribution in [-0.2, 0) is 9.59 Å². The van der Waals surface area contributed by atoms with Gasteiger partial charge in [0.05, 0.1) is 12.1 Å². The summed E-state index contributed by atoms with van der Waals surface area (Å²) in [6, 6.07) is -1.09. The van der Waals surface area contributed by atoms with E-state index in [1.54, 1.807) is 13.8 Å². The van der Waals surface area contributed by atoms with Gasteiger partial charge in [-0.3, -0.25) is 25.8 Å². The van der Waals surface area contributed by atoms with Gasteiger partial charge in [0.25, 0.3) is 11.8 Å². The lowest BCUT2D eigenvalue weighted by Crippen LogP contribution is -2.53. The van der Waals surface area contributed by atoms with Crippen LogP contribution in [-0.4, -0.2) is 23.9 Å². The first kappa shape index (κ1) is 18.2. The minimum Gasteiger partial charge on any atom is -0.295 e. The maximum atomic E-state index is 10.9. The highest BCUT2D eigenvalue weighted by atomic mass is 16.2. The standard InChI is InChI=1S/C6H15N5O2.C4H10/c1-3(5(12)10-7)9-4(2)6(13)11-8;1-3-4-2/h3-4,9H,7-8H2,1-2H3,(H,10,12)(H,11,13);3-4H2,1-2H3. The molecule has 0 aromatic carbocycles.